The number of carbonyl (C=O) groups excluding carboxylic acids is 1. The number of carboxylic acid groups (broad SMARTS) is 1. The van der Waals surface area contributed by atoms with Crippen LogP contribution in [-0.4, -0.2) is 59.4 Å². The monoisotopic (exact) mass is 505 g/mol. The summed E-state index contributed by atoms with van der Waals surface area (Å²) in [4.78, 5) is 24.8. The van der Waals surface area contributed by atoms with E-state index in [0.29, 0.717) is 37.1 Å². The van der Waals surface area contributed by atoms with Crippen LogP contribution in [0.15, 0.2) is 42.5 Å². The van der Waals surface area contributed by atoms with E-state index in [9.17, 15) is 19.1 Å². The molecule has 0 aliphatic carbocycles. The second-order valence-electron chi connectivity index (χ2n) is 8.44. The van der Waals surface area contributed by atoms with Gasteiger partial charge >= 0.3 is 5.97 Å². The van der Waals surface area contributed by atoms with E-state index >= 15 is 0 Å². The fourth-order valence-electron chi connectivity index (χ4n) is 3.96. The van der Waals surface area contributed by atoms with Crippen LogP contribution < -0.4 is 16.0 Å². The Morgan fingerprint density at radius 2 is 2.00 bits per heavy atom. The first-order chi connectivity index (χ1) is 16.4. The van der Waals surface area contributed by atoms with Gasteiger partial charge in [-0.15, -0.1) is 0 Å². The minimum atomic E-state index is -1.04. The molecular weight excluding hydrogens is 473 g/mol. The molecule has 2 aromatic rings. The van der Waals surface area contributed by atoms with E-state index in [4.69, 9.17) is 0 Å². The second kappa shape index (κ2) is 13.0. The Morgan fingerprint density at radius 1 is 1.24 bits per heavy atom. The number of amides is 1. The molecule has 184 valence electrons. The molecule has 1 heterocycles. The summed E-state index contributed by atoms with van der Waals surface area (Å²) in [5, 5.41) is 19.3. The average Bonchev–Trinajstić information content (AvgIpc) is 3.24. The summed E-state index contributed by atoms with van der Waals surface area (Å²) < 4.78 is 13.2. The van der Waals surface area contributed by atoms with Crippen molar-refractivity contribution in [2.45, 2.75) is 43.0 Å². The van der Waals surface area contributed by atoms with Crippen molar-refractivity contribution in [3.63, 3.8) is 0 Å². The number of nitrogens with one attached hydrogen (secondary N) is 3. The SMILES string of the molecule is CSCC[C@H](NC(=O)c1cc(NC[C@H]2NCC[C@H]2S)ccc1CCc1ccc(F)cc1)C(=O)O. The van der Waals surface area contributed by atoms with Gasteiger partial charge in [0, 0.05) is 29.1 Å². The van der Waals surface area contributed by atoms with Crippen LogP contribution in [0.3, 0.4) is 0 Å². The molecule has 1 aliphatic rings. The van der Waals surface area contributed by atoms with Gasteiger partial charge < -0.3 is 21.1 Å². The predicted molar refractivity (Wildman–Crippen MR) is 140 cm³/mol. The maximum absolute atomic E-state index is 13.2. The maximum atomic E-state index is 13.2. The van der Waals surface area contributed by atoms with Gasteiger partial charge in [-0.05, 0) is 79.6 Å². The quantitative estimate of drug-likeness (QED) is 0.283. The predicted octanol–water partition coefficient (Wildman–Crippen LogP) is 3.62. The molecule has 3 rings (SSSR count). The molecule has 2 aromatic carbocycles. The van der Waals surface area contributed by atoms with Gasteiger partial charge in [0.05, 0.1) is 0 Å². The number of hydrogen-bond acceptors (Lipinski definition) is 6. The Labute approximate surface area is 209 Å². The first-order valence-electron chi connectivity index (χ1n) is 11.4. The largest absolute Gasteiger partial charge is 0.480 e. The lowest BCUT2D eigenvalue weighted by atomic mass is 9.98. The molecule has 1 saturated heterocycles. The van der Waals surface area contributed by atoms with E-state index in [2.05, 4.69) is 28.6 Å². The normalized spacial score (nSPS) is 18.4. The molecular formula is C25H32FN3O3S2. The van der Waals surface area contributed by atoms with Crippen LogP contribution in [0.5, 0.6) is 0 Å². The second-order valence-corrected chi connectivity index (χ2v) is 10.1. The Morgan fingerprint density at radius 3 is 2.65 bits per heavy atom. The Balaban J connectivity index is 1.77. The van der Waals surface area contributed by atoms with Gasteiger partial charge in [0.1, 0.15) is 11.9 Å². The van der Waals surface area contributed by atoms with Gasteiger partial charge in [0.15, 0.2) is 0 Å². The fraction of sp³-hybridized carbons (Fsp3) is 0.440. The number of hydrogen-bond donors (Lipinski definition) is 5. The summed E-state index contributed by atoms with van der Waals surface area (Å²) in [6.45, 7) is 1.61. The molecule has 0 saturated carbocycles. The Kier molecular flexibility index (Phi) is 10.1. The zero-order valence-corrected chi connectivity index (χ0v) is 20.9. The molecule has 0 spiro atoms. The topological polar surface area (TPSA) is 90.5 Å². The van der Waals surface area contributed by atoms with E-state index in [-0.39, 0.29) is 17.1 Å². The third kappa shape index (κ3) is 7.65. The molecule has 0 aromatic heterocycles. The lowest BCUT2D eigenvalue weighted by Gasteiger charge is -2.19. The van der Waals surface area contributed by atoms with Crippen LogP contribution in [0.4, 0.5) is 10.1 Å². The molecule has 4 N–H and O–H groups in total. The third-order valence-corrected chi connectivity index (χ3v) is 7.26. The highest BCUT2D eigenvalue weighted by molar-refractivity contribution is 7.98. The molecule has 0 bridgehead atoms. The first kappa shape index (κ1) is 26.4. The molecule has 0 radical (unpaired) electrons. The van der Waals surface area contributed by atoms with Crippen molar-refractivity contribution in [2.24, 2.45) is 0 Å². The summed E-state index contributed by atoms with van der Waals surface area (Å²) >= 11 is 6.15. The van der Waals surface area contributed by atoms with E-state index in [1.54, 1.807) is 18.2 Å². The van der Waals surface area contributed by atoms with E-state index in [0.717, 1.165) is 29.8 Å². The smallest absolute Gasteiger partial charge is 0.326 e. The van der Waals surface area contributed by atoms with Crippen LogP contribution in [0.1, 0.15) is 34.3 Å². The lowest BCUT2D eigenvalue weighted by Crippen LogP contribution is -2.41. The van der Waals surface area contributed by atoms with Crippen LogP contribution in [0.25, 0.3) is 0 Å². The van der Waals surface area contributed by atoms with Crippen LogP contribution in [0.2, 0.25) is 0 Å². The van der Waals surface area contributed by atoms with E-state index in [1.807, 2.05) is 18.4 Å². The van der Waals surface area contributed by atoms with Gasteiger partial charge in [-0.2, -0.15) is 24.4 Å². The molecule has 9 heteroatoms. The van der Waals surface area contributed by atoms with Gasteiger partial charge in [0.25, 0.3) is 5.91 Å². The van der Waals surface area contributed by atoms with Crippen molar-refractivity contribution in [2.75, 3.05) is 30.4 Å². The third-order valence-electron chi connectivity index (χ3n) is 6.00. The molecule has 3 atom stereocenters. The summed E-state index contributed by atoms with van der Waals surface area (Å²) in [5.74, 6) is -1.10. The van der Waals surface area contributed by atoms with Gasteiger partial charge in [-0.1, -0.05) is 18.2 Å². The number of halogens is 1. The van der Waals surface area contributed by atoms with Crippen molar-refractivity contribution in [3.8, 4) is 0 Å². The van der Waals surface area contributed by atoms with Gasteiger partial charge in [0.2, 0.25) is 0 Å². The van der Waals surface area contributed by atoms with Crippen molar-refractivity contribution in [1.29, 1.82) is 0 Å². The fourth-order valence-corrected chi connectivity index (χ4v) is 4.78. The highest BCUT2D eigenvalue weighted by Gasteiger charge is 2.24. The summed E-state index contributed by atoms with van der Waals surface area (Å²) in [5.41, 5.74) is 3.02. The number of aliphatic carboxylic acids is 1. The standard InChI is InChI=1S/C25H32FN3O3S2/c1-34-13-11-21(25(31)32)29-24(30)20-14-19(28-15-22-23(33)10-12-27-22)9-6-17(20)5-2-16-3-7-18(26)8-4-16/h3-4,6-9,14,21-23,27-28,33H,2,5,10-13,15H2,1H3,(H,29,30)(H,31,32)/t21-,22+,23+/m0/s1. The molecule has 6 nitrogen and oxygen atoms in total. The van der Waals surface area contributed by atoms with E-state index < -0.39 is 17.9 Å². The van der Waals surface area contributed by atoms with Gasteiger partial charge in [-0.3, -0.25) is 4.79 Å². The number of thioether (sulfide) groups is 1. The van der Waals surface area contributed by atoms with Crippen LogP contribution in [0, 0.1) is 5.82 Å². The summed E-state index contributed by atoms with van der Waals surface area (Å²) in [7, 11) is 0. The summed E-state index contributed by atoms with van der Waals surface area (Å²) in [6, 6.07) is 11.2. The van der Waals surface area contributed by atoms with Crippen LogP contribution in [-0.2, 0) is 17.6 Å². The zero-order valence-electron chi connectivity index (χ0n) is 19.2. The minimum absolute atomic E-state index is 0.238. The number of carboxylic acids is 1. The Hall–Kier alpha value is -2.23. The highest BCUT2D eigenvalue weighted by atomic mass is 32.2. The van der Waals surface area contributed by atoms with Crippen molar-refractivity contribution in [3.05, 3.63) is 65.0 Å². The van der Waals surface area contributed by atoms with E-state index in [1.165, 1.54) is 23.9 Å². The number of carbonyl (C=O) groups is 2. The number of thiol groups is 1. The number of aryl methyl sites for hydroxylation is 2. The maximum Gasteiger partial charge on any atom is 0.326 e. The zero-order chi connectivity index (χ0) is 24.5. The first-order valence-corrected chi connectivity index (χ1v) is 13.3. The highest BCUT2D eigenvalue weighted by Crippen LogP contribution is 2.21. The number of anilines is 1. The number of benzene rings is 2. The van der Waals surface area contributed by atoms with Crippen molar-refractivity contribution < 1.29 is 19.1 Å². The Bertz CT molecular complexity index is 974. The average molecular weight is 506 g/mol. The summed E-state index contributed by atoms with van der Waals surface area (Å²) in [6.07, 6.45) is 4.47. The molecule has 1 aliphatic heterocycles. The molecule has 34 heavy (non-hydrogen) atoms. The minimum Gasteiger partial charge on any atom is -0.480 e. The van der Waals surface area contributed by atoms with Crippen molar-refractivity contribution in [1.82, 2.24) is 10.6 Å². The number of rotatable bonds is 12. The van der Waals surface area contributed by atoms with Crippen molar-refractivity contribution >= 4 is 42.0 Å². The van der Waals surface area contributed by atoms with Gasteiger partial charge in [-0.25, -0.2) is 9.18 Å². The molecule has 1 fully saturated rings. The molecule has 1 amide bonds. The lowest BCUT2D eigenvalue weighted by molar-refractivity contribution is -0.139. The molecule has 0 unspecified atom stereocenters. The van der Waals surface area contributed by atoms with Crippen LogP contribution >= 0.6 is 24.4 Å².